The second-order valence-electron chi connectivity index (χ2n) is 9.01. The summed E-state index contributed by atoms with van der Waals surface area (Å²) in [6.07, 6.45) is 2.03. The number of hydrogen-bond donors (Lipinski definition) is 1. The van der Waals surface area contributed by atoms with Crippen LogP contribution in [0.25, 0.3) is 0 Å². The number of hydrogen-bond acceptors (Lipinski definition) is 5. The largest absolute Gasteiger partial charge is 0.497 e. The Morgan fingerprint density at radius 3 is 2.51 bits per heavy atom. The van der Waals surface area contributed by atoms with Crippen LogP contribution in [0.1, 0.15) is 42.1 Å². The van der Waals surface area contributed by atoms with E-state index >= 15 is 0 Å². The van der Waals surface area contributed by atoms with Gasteiger partial charge in [0.1, 0.15) is 17.5 Å². The van der Waals surface area contributed by atoms with Gasteiger partial charge < -0.3 is 19.7 Å². The van der Waals surface area contributed by atoms with E-state index in [1.54, 1.807) is 36.3 Å². The van der Waals surface area contributed by atoms with Gasteiger partial charge in [-0.1, -0.05) is 43.3 Å². The first-order valence-corrected chi connectivity index (χ1v) is 12.2. The molecule has 8 heteroatoms. The van der Waals surface area contributed by atoms with Crippen LogP contribution in [-0.2, 0) is 20.7 Å². The highest BCUT2D eigenvalue weighted by Crippen LogP contribution is 2.39. The molecule has 3 amide bonds. The van der Waals surface area contributed by atoms with Crippen molar-refractivity contribution in [3.8, 4) is 5.75 Å². The standard InChI is InChI=1S/C27H33N3O5/c1-3-14-28-25(32)23-19-35-27(30(23)26(33)21-10-7-11-22(18-21)34-2)12-15-29(16-13-27)24(31)17-20-8-5-4-6-9-20/h4-11,18,23H,3,12-17,19H2,1-2H3,(H,28,32). The zero-order chi connectivity index (χ0) is 24.8. The van der Waals surface area contributed by atoms with E-state index in [1.165, 1.54) is 0 Å². The minimum atomic E-state index is -0.933. The Labute approximate surface area is 206 Å². The van der Waals surface area contributed by atoms with Crippen LogP contribution in [0.2, 0.25) is 0 Å². The number of likely N-dealkylation sites (tertiary alicyclic amines) is 1. The lowest BCUT2D eigenvalue weighted by molar-refractivity contribution is -0.143. The third-order valence-electron chi connectivity index (χ3n) is 6.74. The highest BCUT2D eigenvalue weighted by atomic mass is 16.5. The fourth-order valence-corrected chi connectivity index (χ4v) is 4.82. The number of methoxy groups -OCH3 is 1. The maximum absolute atomic E-state index is 13.8. The van der Waals surface area contributed by atoms with Crippen LogP contribution in [0.5, 0.6) is 5.75 Å². The molecule has 1 spiro atoms. The first-order chi connectivity index (χ1) is 17.0. The van der Waals surface area contributed by atoms with Gasteiger partial charge in [0.15, 0.2) is 0 Å². The molecule has 0 saturated carbocycles. The van der Waals surface area contributed by atoms with Gasteiger partial charge in [0.2, 0.25) is 11.8 Å². The highest BCUT2D eigenvalue weighted by Gasteiger charge is 2.54. The Kier molecular flexibility index (Phi) is 7.70. The molecule has 186 valence electrons. The Balaban J connectivity index is 1.53. The van der Waals surface area contributed by atoms with Gasteiger partial charge in [0.25, 0.3) is 5.91 Å². The van der Waals surface area contributed by atoms with Gasteiger partial charge in [-0.25, -0.2) is 0 Å². The Hall–Kier alpha value is -3.39. The lowest BCUT2D eigenvalue weighted by Crippen LogP contribution is -2.60. The van der Waals surface area contributed by atoms with Crippen molar-refractivity contribution in [2.45, 2.75) is 44.4 Å². The average Bonchev–Trinajstić information content (AvgIpc) is 3.26. The van der Waals surface area contributed by atoms with Crippen LogP contribution in [0, 0.1) is 0 Å². The van der Waals surface area contributed by atoms with Gasteiger partial charge in [-0.15, -0.1) is 0 Å². The van der Waals surface area contributed by atoms with E-state index < -0.39 is 11.8 Å². The van der Waals surface area contributed by atoms with E-state index in [0.717, 1.165) is 12.0 Å². The van der Waals surface area contributed by atoms with Crippen molar-refractivity contribution in [1.82, 2.24) is 15.1 Å². The summed E-state index contributed by atoms with van der Waals surface area (Å²) < 4.78 is 11.5. The molecule has 2 fully saturated rings. The molecule has 1 atom stereocenters. The molecule has 0 aromatic heterocycles. The van der Waals surface area contributed by atoms with Gasteiger partial charge in [-0.3, -0.25) is 19.3 Å². The predicted molar refractivity (Wildman–Crippen MR) is 131 cm³/mol. The third kappa shape index (κ3) is 5.32. The Morgan fingerprint density at radius 1 is 1.09 bits per heavy atom. The zero-order valence-electron chi connectivity index (χ0n) is 20.4. The molecule has 4 rings (SSSR count). The number of piperidine rings is 1. The molecule has 0 radical (unpaired) electrons. The van der Waals surface area contributed by atoms with Crippen molar-refractivity contribution in [3.63, 3.8) is 0 Å². The second kappa shape index (κ2) is 10.9. The molecule has 1 N–H and O–H groups in total. The van der Waals surface area contributed by atoms with Crippen molar-refractivity contribution in [2.75, 3.05) is 33.4 Å². The summed E-state index contributed by atoms with van der Waals surface area (Å²) >= 11 is 0. The lowest BCUT2D eigenvalue weighted by Gasteiger charge is -2.44. The first kappa shape index (κ1) is 24.7. The fourth-order valence-electron chi connectivity index (χ4n) is 4.82. The molecule has 35 heavy (non-hydrogen) atoms. The van der Waals surface area contributed by atoms with Crippen molar-refractivity contribution in [1.29, 1.82) is 0 Å². The molecule has 0 aliphatic carbocycles. The van der Waals surface area contributed by atoms with E-state index in [9.17, 15) is 14.4 Å². The van der Waals surface area contributed by atoms with Gasteiger partial charge in [-0.05, 0) is 30.2 Å². The lowest BCUT2D eigenvalue weighted by atomic mass is 9.96. The predicted octanol–water partition coefficient (Wildman–Crippen LogP) is 2.62. The second-order valence-corrected chi connectivity index (χ2v) is 9.01. The quantitative estimate of drug-likeness (QED) is 0.660. The summed E-state index contributed by atoms with van der Waals surface area (Å²) in [4.78, 5) is 43.1. The van der Waals surface area contributed by atoms with E-state index in [0.29, 0.717) is 50.2 Å². The number of ether oxygens (including phenoxy) is 2. The zero-order valence-corrected chi connectivity index (χ0v) is 20.4. The van der Waals surface area contributed by atoms with Crippen molar-refractivity contribution >= 4 is 17.7 Å². The molecule has 2 aromatic rings. The summed E-state index contributed by atoms with van der Waals surface area (Å²) in [5.41, 5.74) is 0.472. The van der Waals surface area contributed by atoms with Gasteiger partial charge >= 0.3 is 0 Å². The minimum Gasteiger partial charge on any atom is -0.497 e. The molecule has 2 aliphatic rings. The summed E-state index contributed by atoms with van der Waals surface area (Å²) in [7, 11) is 1.55. The Bertz CT molecular complexity index is 1050. The maximum atomic E-state index is 13.8. The van der Waals surface area contributed by atoms with Gasteiger partial charge in [0.05, 0.1) is 20.1 Å². The van der Waals surface area contributed by atoms with Crippen LogP contribution in [0.3, 0.4) is 0 Å². The maximum Gasteiger partial charge on any atom is 0.257 e. The minimum absolute atomic E-state index is 0.0481. The smallest absolute Gasteiger partial charge is 0.257 e. The number of carbonyl (C=O) groups excluding carboxylic acids is 3. The summed E-state index contributed by atoms with van der Waals surface area (Å²) in [5, 5.41) is 2.91. The summed E-state index contributed by atoms with van der Waals surface area (Å²) in [6, 6.07) is 15.8. The number of nitrogens with zero attached hydrogens (tertiary/aromatic N) is 2. The molecular formula is C27H33N3O5. The topological polar surface area (TPSA) is 88.2 Å². The number of nitrogens with one attached hydrogen (secondary N) is 1. The third-order valence-corrected chi connectivity index (χ3v) is 6.74. The number of carbonyl (C=O) groups is 3. The first-order valence-electron chi connectivity index (χ1n) is 12.2. The number of benzene rings is 2. The van der Waals surface area contributed by atoms with Gasteiger partial charge in [-0.2, -0.15) is 0 Å². The van der Waals surface area contributed by atoms with E-state index in [1.807, 2.05) is 42.2 Å². The number of amides is 3. The average molecular weight is 480 g/mol. The molecule has 0 bridgehead atoms. The molecule has 2 heterocycles. The van der Waals surface area contributed by atoms with Crippen molar-refractivity contribution in [2.24, 2.45) is 0 Å². The van der Waals surface area contributed by atoms with Crippen LogP contribution < -0.4 is 10.1 Å². The van der Waals surface area contributed by atoms with Crippen molar-refractivity contribution in [3.05, 3.63) is 65.7 Å². The molecule has 1 unspecified atom stereocenters. The summed E-state index contributed by atoms with van der Waals surface area (Å²) in [6.45, 7) is 3.55. The number of rotatable bonds is 7. The molecule has 2 saturated heterocycles. The van der Waals surface area contributed by atoms with E-state index in [-0.39, 0.29) is 24.3 Å². The fraction of sp³-hybridized carbons (Fsp3) is 0.444. The SMILES string of the molecule is CCCNC(=O)C1COC2(CCN(C(=O)Cc3ccccc3)CC2)N1C(=O)c1cccc(OC)c1. The van der Waals surface area contributed by atoms with Crippen LogP contribution in [-0.4, -0.2) is 72.6 Å². The van der Waals surface area contributed by atoms with Crippen LogP contribution in [0.15, 0.2) is 54.6 Å². The Morgan fingerprint density at radius 2 is 1.83 bits per heavy atom. The molecule has 2 aliphatic heterocycles. The molecule has 8 nitrogen and oxygen atoms in total. The molecule has 2 aromatic carbocycles. The normalized spacial score (nSPS) is 19.0. The van der Waals surface area contributed by atoms with E-state index in [2.05, 4.69) is 5.32 Å². The molecular weight excluding hydrogens is 446 g/mol. The van der Waals surface area contributed by atoms with Crippen LogP contribution in [0.4, 0.5) is 0 Å². The van der Waals surface area contributed by atoms with Crippen molar-refractivity contribution < 1.29 is 23.9 Å². The van der Waals surface area contributed by atoms with Gasteiger partial charge in [0, 0.05) is 38.0 Å². The summed E-state index contributed by atoms with van der Waals surface area (Å²) in [5.74, 6) is 0.120. The van der Waals surface area contributed by atoms with E-state index in [4.69, 9.17) is 9.47 Å². The van der Waals surface area contributed by atoms with Crippen LogP contribution >= 0.6 is 0 Å². The monoisotopic (exact) mass is 479 g/mol. The highest BCUT2D eigenvalue weighted by molar-refractivity contribution is 5.98.